The predicted octanol–water partition coefficient (Wildman–Crippen LogP) is 3.28. The fourth-order valence-electron chi connectivity index (χ4n) is 3.09. The first-order chi connectivity index (χ1) is 14.0. The molecule has 3 rings (SSSR count). The summed E-state index contributed by atoms with van der Waals surface area (Å²) in [7, 11) is 0. The average molecular weight is 400 g/mol. The quantitative estimate of drug-likeness (QED) is 0.305. The molecule has 0 spiro atoms. The Morgan fingerprint density at radius 1 is 1.14 bits per heavy atom. The predicted molar refractivity (Wildman–Crippen MR) is 108 cm³/mol. The number of hydrogen-bond acceptors (Lipinski definition) is 7. The maximum atomic E-state index is 12.5. The molecule has 1 heterocycles. The topological polar surface area (TPSA) is 91.1 Å². The third-order valence-electron chi connectivity index (χ3n) is 4.69. The van der Waals surface area contributed by atoms with Crippen LogP contribution in [-0.2, 0) is 9.47 Å². The molecule has 0 amide bonds. The molecule has 0 N–H and O–H groups in total. The highest BCUT2D eigenvalue weighted by Gasteiger charge is 2.24. The van der Waals surface area contributed by atoms with Crippen molar-refractivity contribution < 1.29 is 23.9 Å². The van der Waals surface area contributed by atoms with Crippen LogP contribution in [0.4, 0.5) is 11.4 Å². The number of carbonyl (C=O) groups is 1. The van der Waals surface area contributed by atoms with Crippen LogP contribution < -0.4 is 9.64 Å². The first-order valence-corrected chi connectivity index (χ1v) is 9.44. The van der Waals surface area contributed by atoms with Crippen molar-refractivity contribution in [2.45, 2.75) is 13.8 Å². The van der Waals surface area contributed by atoms with Gasteiger partial charge in [-0.2, -0.15) is 0 Å². The largest absolute Gasteiger partial charge is 0.490 e. The van der Waals surface area contributed by atoms with Crippen LogP contribution in [0, 0.1) is 24.0 Å². The number of rotatable bonds is 7. The van der Waals surface area contributed by atoms with Gasteiger partial charge < -0.3 is 19.1 Å². The number of carbonyl (C=O) groups excluding carboxylic acids is 1. The Hall–Kier alpha value is -3.13. The van der Waals surface area contributed by atoms with Crippen LogP contribution >= 0.6 is 0 Å². The summed E-state index contributed by atoms with van der Waals surface area (Å²) in [5, 5.41) is 11.3. The lowest BCUT2D eigenvalue weighted by Crippen LogP contribution is -2.36. The minimum atomic E-state index is -0.739. The van der Waals surface area contributed by atoms with Crippen LogP contribution in [0.5, 0.6) is 5.75 Å². The molecule has 1 aliphatic rings. The van der Waals surface area contributed by atoms with Gasteiger partial charge in [0, 0.05) is 24.8 Å². The summed E-state index contributed by atoms with van der Waals surface area (Å²) < 4.78 is 16.2. The Labute approximate surface area is 169 Å². The maximum absolute atomic E-state index is 12.5. The van der Waals surface area contributed by atoms with Crippen LogP contribution in [0.2, 0.25) is 0 Å². The molecule has 29 heavy (non-hydrogen) atoms. The van der Waals surface area contributed by atoms with Gasteiger partial charge in [-0.25, -0.2) is 4.79 Å². The minimum Gasteiger partial charge on any atom is -0.490 e. The van der Waals surface area contributed by atoms with Crippen molar-refractivity contribution in [3.8, 4) is 5.75 Å². The Bertz CT molecular complexity index is 893. The maximum Gasteiger partial charge on any atom is 0.345 e. The van der Waals surface area contributed by atoms with Crippen LogP contribution in [0.15, 0.2) is 36.4 Å². The van der Waals surface area contributed by atoms with E-state index in [0.717, 1.165) is 22.6 Å². The number of esters is 1. The number of benzene rings is 2. The molecule has 0 aliphatic carbocycles. The van der Waals surface area contributed by atoms with E-state index in [1.807, 2.05) is 36.9 Å². The van der Waals surface area contributed by atoms with E-state index in [2.05, 4.69) is 0 Å². The van der Waals surface area contributed by atoms with E-state index in [9.17, 15) is 14.9 Å². The fourth-order valence-corrected chi connectivity index (χ4v) is 3.09. The van der Waals surface area contributed by atoms with Crippen LogP contribution in [0.25, 0.3) is 0 Å². The second-order valence-corrected chi connectivity index (χ2v) is 6.81. The van der Waals surface area contributed by atoms with Crippen LogP contribution in [0.3, 0.4) is 0 Å². The first-order valence-electron chi connectivity index (χ1n) is 9.44. The minimum absolute atomic E-state index is 0.00878. The standard InChI is InChI=1S/C21H24N2O6/c1-15-3-4-16(2)20(13-15)28-11-12-29-21(24)18-14-17(5-6-19(18)23(25)26)22-7-9-27-10-8-22/h3-6,13-14H,7-12H2,1-2H3. The zero-order chi connectivity index (χ0) is 20.8. The SMILES string of the molecule is Cc1ccc(C)c(OCCOC(=O)c2cc(N3CCOCC3)ccc2[N+](=O)[O-])c1. The summed E-state index contributed by atoms with van der Waals surface area (Å²) in [6.45, 7) is 6.53. The van der Waals surface area contributed by atoms with Gasteiger partial charge in [0.15, 0.2) is 0 Å². The van der Waals surface area contributed by atoms with Gasteiger partial charge in [0.1, 0.15) is 24.5 Å². The zero-order valence-corrected chi connectivity index (χ0v) is 16.6. The van der Waals surface area contributed by atoms with Gasteiger partial charge >= 0.3 is 5.97 Å². The lowest BCUT2D eigenvalue weighted by atomic mass is 10.1. The molecule has 2 aromatic carbocycles. The van der Waals surface area contributed by atoms with Crippen molar-refractivity contribution in [3.63, 3.8) is 0 Å². The number of nitro benzene ring substituents is 1. The molecule has 8 nitrogen and oxygen atoms in total. The summed E-state index contributed by atoms with van der Waals surface area (Å²) in [4.78, 5) is 25.3. The molecule has 2 aromatic rings. The number of nitro groups is 1. The van der Waals surface area contributed by atoms with E-state index in [4.69, 9.17) is 14.2 Å². The number of ether oxygens (including phenoxy) is 3. The number of nitrogens with zero attached hydrogens (tertiary/aromatic N) is 2. The number of aryl methyl sites for hydroxylation is 2. The summed E-state index contributed by atoms with van der Waals surface area (Å²) in [6.07, 6.45) is 0. The fraction of sp³-hybridized carbons (Fsp3) is 0.381. The van der Waals surface area contributed by atoms with E-state index in [-0.39, 0.29) is 24.5 Å². The average Bonchev–Trinajstić information content (AvgIpc) is 2.73. The van der Waals surface area contributed by atoms with Gasteiger partial charge in [-0.05, 0) is 43.2 Å². The van der Waals surface area contributed by atoms with Crippen molar-refractivity contribution in [2.75, 3.05) is 44.4 Å². The van der Waals surface area contributed by atoms with Gasteiger partial charge in [0.05, 0.1) is 18.1 Å². The summed E-state index contributed by atoms with van der Waals surface area (Å²) in [6, 6.07) is 10.4. The molecule has 1 fully saturated rings. The molecular weight excluding hydrogens is 376 g/mol. The molecule has 0 bridgehead atoms. The monoisotopic (exact) mass is 400 g/mol. The molecule has 0 radical (unpaired) electrons. The van der Waals surface area contributed by atoms with Crippen molar-refractivity contribution in [1.29, 1.82) is 0 Å². The summed E-state index contributed by atoms with van der Waals surface area (Å²) in [5.41, 5.74) is 2.44. The van der Waals surface area contributed by atoms with Gasteiger partial charge in [-0.3, -0.25) is 10.1 Å². The normalized spacial score (nSPS) is 13.8. The molecule has 0 saturated carbocycles. The summed E-state index contributed by atoms with van der Waals surface area (Å²) >= 11 is 0. The lowest BCUT2D eigenvalue weighted by Gasteiger charge is -2.29. The van der Waals surface area contributed by atoms with Crippen molar-refractivity contribution in [1.82, 2.24) is 0 Å². The molecule has 0 aromatic heterocycles. The number of morpholine rings is 1. The van der Waals surface area contributed by atoms with E-state index in [1.165, 1.54) is 12.1 Å². The lowest BCUT2D eigenvalue weighted by molar-refractivity contribution is -0.385. The molecule has 154 valence electrons. The van der Waals surface area contributed by atoms with Gasteiger partial charge in [-0.15, -0.1) is 0 Å². The van der Waals surface area contributed by atoms with Crippen molar-refractivity contribution >= 4 is 17.3 Å². The summed E-state index contributed by atoms with van der Waals surface area (Å²) in [5.74, 6) is -0.0160. The third kappa shape index (κ3) is 5.23. The van der Waals surface area contributed by atoms with E-state index in [0.29, 0.717) is 26.3 Å². The third-order valence-corrected chi connectivity index (χ3v) is 4.69. The highest BCUT2D eigenvalue weighted by Crippen LogP contribution is 2.26. The van der Waals surface area contributed by atoms with E-state index >= 15 is 0 Å². The molecular formula is C21H24N2O6. The zero-order valence-electron chi connectivity index (χ0n) is 16.6. The molecule has 0 atom stereocenters. The molecule has 0 unspecified atom stereocenters. The smallest absolute Gasteiger partial charge is 0.345 e. The Balaban J connectivity index is 1.65. The molecule has 1 aliphatic heterocycles. The first kappa shape index (κ1) is 20.6. The Morgan fingerprint density at radius 3 is 2.62 bits per heavy atom. The van der Waals surface area contributed by atoms with Crippen molar-refractivity contribution in [2.24, 2.45) is 0 Å². The molecule has 8 heteroatoms. The van der Waals surface area contributed by atoms with E-state index < -0.39 is 10.9 Å². The van der Waals surface area contributed by atoms with Crippen molar-refractivity contribution in [3.05, 3.63) is 63.2 Å². The van der Waals surface area contributed by atoms with Crippen LogP contribution in [0.1, 0.15) is 21.5 Å². The second kappa shape index (κ2) is 9.38. The van der Waals surface area contributed by atoms with Crippen LogP contribution in [-0.4, -0.2) is 50.4 Å². The number of anilines is 1. The van der Waals surface area contributed by atoms with E-state index in [1.54, 1.807) is 6.07 Å². The van der Waals surface area contributed by atoms with Gasteiger partial charge in [0.25, 0.3) is 5.69 Å². The Morgan fingerprint density at radius 2 is 1.90 bits per heavy atom. The highest BCUT2D eigenvalue weighted by molar-refractivity contribution is 5.95. The highest BCUT2D eigenvalue weighted by atomic mass is 16.6. The second-order valence-electron chi connectivity index (χ2n) is 6.81. The van der Waals surface area contributed by atoms with Gasteiger partial charge in [-0.1, -0.05) is 12.1 Å². The molecule has 1 saturated heterocycles. The number of hydrogen-bond donors (Lipinski definition) is 0. The van der Waals surface area contributed by atoms with Gasteiger partial charge in [0.2, 0.25) is 0 Å². The Kier molecular flexibility index (Phi) is 6.66.